The first-order chi connectivity index (χ1) is 6.42. The lowest BCUT2D eigenvalue weighted by molar-refractivity contribution is -0.109. The van der Waals surface area contributed by atoms with E-state index in [1.54, 1.807) is 6.92 Å². The highest BCUT2D eigenvalue weighted by molar-refractivity contribution is 8.13. The van der Waals surface area contributed by atoms with Crippen molar-refractivity contribution in [2.24, 2.45) is 11.3 Å². The molecule has 0 rings (SSSR count). The van der Waals surface area contributed by atoms with Crippen molar-refractivity contribution in [1.29, 1.82) is 0 Å². The minimum atomic E-state index is 0.220. The average molecular weight is 214 g/mol. The molecule has 0 aromatic carbocycles. The molecule has 0 heterocycles. The van der Waals surface area contributed by atoms with Crippen LogP contribution in [-0.4, -0.2) is 10.9 Å². The van der Waals surface area contributed by atoms with Gasteiger partial charge in [0.25, 0.3) is 0 Å². The van der Waals surface area contributed by atoms with Gasteiger partial charge in [-0.1, -0.05) is 44.7 Å². The van der Waals surface area contributed by atoms with Gasteiger partial charge in [0.15, 0.2) is 5.12 Å². The normalized spacial score (nSPS) is 16.1. The van der Waals surface area contributed by atoms with Crippen molar-refractivity contribution >= 4 is 16.9 Å². The van der Waals surface area contributed by atoms with E-state index in [9.17, 15) is 4.79 Å². The maximum atomic E-state index is 10.9. The molecule has 2 heteroatoms. The van der Waals surface area contributed by atoms with Crippen molar-refractivity contribution in [2.45, 2.75) is 41.0 Å². The van der Waals surface area contributed by atoms with Gasteiger partial charge in [0.1, 0.15) is 0 Å². The second-order valence-electron chi connectivity index (χ2n) is 4.36. The molecule has 1 nitrogen and oxygen atoms in total. The molecular weight excluding hydrogens is 192 g/mol. The van der Waals surface area contributed by atoms with E-state index in [1.807, 2.05) is 6.92 Å². The monoisotopic (exact) mass is 214 g/mol. The molecule has 1 atom stereocenters. The highest BCUT2D eigenvalue weighted by Gasteiger charge is 2.27. The first-order valence-electron chi connectivity index (χ1n) is 5.17. The molecule has 0 saturated carbocycles. The van der Waals surface area contributed by atoms with Crippen LogP contribution in [0.5, 0.6) is 0 Å². The van der Waals surface area contributed by atoms with Crippen LogP contribution in [0.25, 0.3) is 0 Å². The fourth-order valence-corrected chi connectivity index (χ4v) is 2.10. The van der Waals surface area contributed by atoms with Crippen LogP contribution in [0.15, 0.2) is 12.2 Å². The average Bonchev–Trinajstić information content (AvgIpc) is 2.11. The molecule has 0 aromatic rings. The molecule has 1 unspecified atom stereocenters. The largest absolute Gasteiger partial charge is 0.288 e. The molecule has 0 radical (unpaired) electrons. The van der Waals surface area contributed by atoms with Gasteiger partial charge in [-0.2, -0.15) is 0 Å². The van der Waals surface area contributed by atoms with Gasteiger partial charge < -0.3 is 0 Å². The van der Waals surface area contributed by atoms with Gasteiger partial charge in [-0.05, 0) is 24.7 Å². The molecule has 0 fully saturated rings. The van der Waals surface area contributed by atoms with Crippen molar-refractivity contribution in [1.82, 2.24) is 0 Å². The summed E-state index contributed by atoms with van der Waals surface area (Å²) in [7, 11) is 0. The molecule has 0 amide bonds. The Hall–Kier alpha value is -0.240. The number of carbonyl (C=O) groups excluding carboxylic acids is 1. The zero-order valence-electron chi connectivity index (χ0n) is 9.96. The van der Waals surface area contributed by atoms with Gasteiger partial charge >= 0.3 is 0 Å². The van der Waals surface area contributed by atoms with E-state index in [4.69, 9.17) is 0 Å². The van der Waals surface area contributed by atoms with Crippen LogP contribution in [0.2, 0.25) is 0 Å². The third-order valence-corrected chi connectivity index (χ3v) is 4.03. The number of hydrogen-bond acceptors (Lipinski definition) is 2. The Balaban J connectivity index is 4.31. The summed E-state index contributed by atoms with van der Waals surface area (Å²) < 4.78 is 0. The molecule has 0 N–H and O–H groups in total. The lowest BCUT2D eigenvalue weighted by Crippen LogP contribution is -2.26. The van der Waals surface area contributed by atoms with Crippen LogP contribution in [0.3, 0.4) is 0 Å². The third-order valence-electron chi connectivity index (χ3n) is 2.82. The molecule has 0 saturated heterocycles. The molecule has 0 aliphatic rings. The molecule has 0 aliphatic heterocycles. The van der Waals surface area contributed by atoms with Crippen LogP contribution < -0.4 is 0 Å². The maximum absolute atomic E-state index is 10.9. The van der Waals surface area contributed by atoms with Crippen LogP contribution in [0.4, 0.5) is 0 Å². The quantitative estimate of drug-likeness (QED) is 0.646. The zero-order chi connectivity index (χ0) is 11.2. The summed E-state index contributed by atoms with van der Waals surface area (Å²) in [6.07, 6.45) is 5.33. The third kappa shape index (κ3) is 4.85. The van der Waals surface area contributed by atoms with Gasteiger partial charge in [-0.15, -0.1) is 0 Å². The number of hydrogen-bond donors (Lipinski definition) is 0. The minimum absolute atomic E-state index is 0.220. The molecular formula is C12H22OS. The van der Waals surface area contributed by atoms with Crippen molar-refractivity contribution < 1.29 is 4.79 Å². The minimum Gasteiger partial charge on any atom is -0.288 e. The van der Waals surface area contributed by atoms with Crippen LogP contribution >= 0.6 is 11.8 Å². The van der Waals surface area contributed by atoms with E-state index in [1.165, 1.54) is 11.8 Å². The van der Waals surface area contributed by atoms with Crippen LogP contribution in [-0.2, 0) is 4.79 Å². The van der Waals surface area contributed by atoms with E-state index >= 15 is 0 Å². The number of allylic oxidation sites excluding steroid dienone is 2. The summed E-state index contributed by atoms with van der Waals surface area (Å²) in [6, 6.07) is 0. The first-order valence-corrected chi connectivity index (χ1v) is 6.15. The zero-order valence-corrected chi connectivity index (χ0v) is 10.8. The number of thioether (sulfide) groups is 1. The van der Waals surface area contributed by atoms with Gasteiger partial charge in [-0.3, -0.25) is 4.79 Å². The van der Waals surface area contributed by atoms with Crippen molar-refractivity contribution in [3.63, 3.8) is 0 Å². The molecule has 0 aromatic heterocycles. The standard InChI is InChI=1S/C12H22OS/c1-6-7-8-12(5,10(2)3)9-14-11(4)13/h6-7,10H,8-9H2,1-5H3. The second kappa shape index (κ2) is 6.28. The van der Waals surface area contributed by atoms with E-state index in [-0.39, 0.29) is 10.5 Å². The number of carbonyl (C=O) groups is 1. The SMILES string of the molecule is CC=CCC(C)(CSC(C)=O)C(C)C. The summed E-state index contributed by atoms with van der Waals surface area (Å²) in [5.74, 6) is 1.52. The summed E-state index contributed by atoms with van der Waals surface area (Å²) >= 11 is 1.44. The molecule has 82 valence electrons. The Morgan fingerprint density at radius 2 is 2.07 bits per heavy atom. The Bertz CT molecular complexity index is 208. The Kier molecular flexibility index (Phi) is 6.17. The Morgan fingerprint density at radius 1 is 1.50 bits per heavy atom. The summed E-state index contributed by atoms with van der Waals surface area (Å²) in [5.41, 5.74) is 0.239. The van der Waals surface area contributed by atoms with Crippen molar-refractivity contribution in [2.75, 3.05) is 5.75 Å². The molecule has 0 aliphatic carbocycles. The van der Waals surface area contributed by atoms with Gasteiger partial charge in [0.05, 0.1) is 0 Å². The van der Waals surface area contributed by atoms with Gasteiger partial charge in [0.2, 0.25) is 0 Å². The van der Waals surface area contributed by atoms with E-state index in [2.05, 4.69) is 32.9 Å². The number of rotatable bonds is 5. The topological polar surface area (TPSA) is 17.1 Å². The second-order valence-corrected chi connectivity index (χ2v) is 5.51. The maximum Gasteiger partial charge on any atom is 0.185 e. The van der Waals surface area contributed by atoms with Crippen LogP contribution in [0.1, 0.15) is 41.0 Å². The predicted octanol–water partition coefficient (Wildman–Crippen LogP) is 3.89. The summed E-state index contributed by atoms with van der Waals surface area (Å²) in [4.78, 5) is 10.9. The fraction of sp³-hybridized carbons (Fsp3) is 0.750. The van der Waals surface area contributed by atoms with E-state index < -0.39 is 0 Å². The van der Waals surface area contributed by atoms with Crippen molar-refractivity contribution in [3.8, 4) is 0 Å². The first kappa shape index (κ1) is 13.8. The van der Waals surface area contributed by atoms with Crippen molar-refractivity contribution in [3.05, 3.63) is 12.2 Å². The Morgan fingerprint density at radius 3 is 2.43 bits per heavy atom. The van der Waals surface area contributed by atoms with E-state index in [0.29, 0.717) is 5.92 Å². The molecule has 14 heavy (non-hydrogen) atoms. The Labute approximate surface area is 92.3 Å². The van der Waals surface area contributed by atoms with Gasteiger partial charge in [-0.25, -0.2) is 0 Å². The van der Waals surface area contributed by atoms with Gasteiger partial charge in [0, 0.05) is 12.7 Å². The highest BCUT2D eigenvalue weighted by Crippen LogP contribution is 2.35. The lowest BCUT2D eigenvalue weighted by Gasteiger charge is -2.32. The fourth-order valence-electron chi connectivity index (χ4n) is 1.11. The lowest BCUT2D eigenvalue weighted by atomic mass is 9.78. The highest BCUT2D eigenvalue weighted by atomic mass is 32.2. The predicted molar refractivity (Wildman–Crippen MR) is 65.5 cm³/mol. The van der Waals surface area contributed by atoms with E-state index in [0.717, 1.165) is 12.2 Å². The summed E-state index contributed by atoms with van der Waals surface area (Å²) in [5, 5.41) is 0.220. The molecule has 0 spiro atoms. The smallest absolute Gasteiger partial charge is 0.185 e. The summed E-state index contributed by atoms with van der Waals surface area (Å²) in [6.45, 7) is 10.4. The molecule has 0 bridgehead atoms. The van der Waals surface area contributed by atoms with Crippen LogP contribution in [0, 0.1) is 11.3 Å².